The maximum absolute atomic E-state index is 11.1. The molecule has 6 nitrogen and oxygen atoms in total. The van der Waals surface area contributed by atoms with Crippen LogP contribution in [0.15, 0.2) is 63.6 Å². The molecule has 2 aromatic rings. The third kappa shape index (κ3) is 4.10. The predicted octanol–water partition coefficient (Wildman–Crippen LogP) is 2.97. The lowest BCUT2D eigenvalue weighted by molar-refractivity contribution is -0.132. The molecule has 126 valence electrons. The van der Waals surface area contributed by atoms with Gasteiger partial charge in [-0.1, -0.05) is 41.9 Å². The molecule has 0 spiro atoms. The number of hydrogen-bond acceptors (Lipinski definition) is 6. The number of aliphatic imine (C=N–C) groups is 2. The highest BCUT2D eigenvalue weighted by molar-refractivity contribution is 6.31. The van der Waals surface area contributed by atoms with Crippen molar-refractivity contribution in [3.8, 4) is 0 Å². The fraction of sp³-hybridized carbons (Fsp3) is 0.111. The van der Waals surface area contributed by atoms with Gasteiger partial charge in [0.1, 0.15) is 12.1 Å². The summed E-state index contributed by atoms with van der Waals surface area (Å²) in [6, 6.07) is 15.3. The molecule has 0 atom stereocenters. The van der Waals surface area contributed by atoms with Crippen molar-refractivity contribution in [3.05, 3.63) is 64.7 Å². The Hall–Kier alpha value is -2.99. The Morgan fingerprint density at radius 1 is 1.28 bits per heavy atom. The van der Waals surface area contributed by atoms with E-state index in [0.717, 1.165) is 28.7 Å². The molecular formula is C18H15ClN4O2. The van der Waals surface area contributed by atoms with E-state index in [1.165, 1.54) is 7.11 Å². The van der Waals surface area contributed by atoms with Crippen LogP contribution in [0.2, 0.25) is 5.02 Å². The van der Waals surface area contributed by atoms with Crippen molar-refractivity contribution in [3.63, 3.8) is 0 Å². The number of carbonyl (C=O) groups excluding carboxylic acids is 1. The van der Waals surface area contributed by atoms with Crippen LogP contribution in [-0.4, -0.2) is 37.4 Å². The van der Waals surface area contributed by atoms with E-state index in [1.807, 2.05) is 42.5 Å². The minimum absolute atomic E-state index is 0.287. The molecule has 0 saturated heterocycles. The first-order valence-electron chi connectivity index (χ1n) is 7.52. The highest BCUT2D eigenvalue weighted by Crippen LogP contribution is 2.28. The number of amidine groups is 1. The van der Waals surface area contributed by atoms with Crippen LogP contribution in [0.3, 0.4) is 0 Å². The Labute approximate surface area is 149 Å². The van der Waals surface area contributed by atoms with E-state index < -0.39 is 5.97 Å². The van der Waals surface area contributed by atoms with E-state index in [1.54, 1.807) is 6.07 Å². The zero-order chi connectivity index (χ0) is 17.6. The number of nitrogens with one attached hydrogen (secondary N) is 1. The second-order valence-electron chi connectivity index (χ2n) is 5.14. The van der Waals surface area contributed by atoms with Crippen molar-refractivity contribution in [2.24, 2.45) is 15.1 Å². The summed E-state index contributed by atoms with van der Waals surface area (Å²) in [5, 5.41) is 4.43. The lowest BCUT2D eigenvalue weighted by Crippen LogP contribution is -2.21. The molecule has 1 heterocycles. The molecule has 1 N–H and O–H groups in total. The molecule has 0 aliphatic carbocycles. The molecule has 0 amide bonds. The van der Waals surface area contributed by atoms with Gasteiger partial charge in [-0.25, -0.2) is 9.79 Å². The maximum Gasteiger partial charge on any atom is 0.350 e. The van der Waals surface area contributed by atoms with Gasteiger partial charge in [-0.15, -0.1) is 0 Å². The minimum Gasteiger partial charge on any atom is -0.465 e. The normalized spacial score (nSPS) is 13.5. The number of nitrogens with zero attached hydrogens (tertiary/aromatic N) is 3. The third-order valence-corrected chi connectivity index (χ3v) is 3.70. The largest absolute Gasteiger partial charge is 0.465 e. The molecule has 1 aliphatic heterocycles. The molecule has 0 radical (unpaired) electrons. The first-order chi connectivity index (χ1) is 12.2. The molecule has 25 heavy (non-hydrogen) atoms. The van der Waals surface area contributed by atoms with E-state index in [0.29, 0.717) is 10.9 Å². The number of fused-ring (bicyclic) bond motifs is 1. The van der Waals surface area contributed by atoms with Gasteiger partial charge >= 0.3 is 5.97 Å². The molecule has 2 aromatic carbocycles. The molecule has 0 aromatic heterocycles. The van der Waals surface area contributed by atoms with Crippen molar-refractivity contribution >= 4 is 41.0 Å². The minimum atomic E-state index is -0.553. The van der Waals surface area contributed by atoms with E-state index in [4.69, 9.17) is 11.6 Å². The van der Waals surface area contributed by atoms with Crippen LogP contribution in [-0.2, 0) is 9.53 Å². The summed E-state index contributed by atoms with van der Waals surface area (Å²) >= 11 is 6.16. The predicted molar refractivity (Wildman–Crippen MR) is 99.1 cm³/mol. The summed E-state index contributed by atoms with van der Waals surface area (Å²) in [5.41, 5.74) is 6.07. The fourth-order valence-corrected chi connectivity index (χ4v) is 2.50. The van der Waals surface area contributed by atoms with E-state index in [-0.39, 0.29) is 6.54 Å². The number of ether oxygens (including phenoxy) is 1. The van der Waals surface area contributed by atoms with Crippen LogP contribution in [0.4, 0.5) is 5.69 Å². The summed E-state index contributed by atoms with van der Waals surface area (Å²) < 4.78 is 4.50. The number of halogens is 1. The van der Waals surface area contributed by atoms with E-state index in [2.05, 4.69) is 25.2 Å². The van der Waals surface area contributed by atoms with Gasteiger partial charge in [0.05, 0.1) is 25.1 Å². The summed E-state index contributed by atoms with van der Waals surface area (Å²) in [6.07, 6.45) is 1.04. The van der Waals surface area contributed by atoms with Crippen molar-refractivity contribution in [2.45, 2.75) is 0 Å². The Kier molecular flexibility index (Phi) is 5.20. The SMILES string of the molecule is COC(=O)/C=N/NC1=Nc2ccc(Cl)cc2C(c2ccccc2)=NC1. The van der Waals surface area contributed by atoms with Crippen LogP contribution in [0.25, 0.3) is 0 Å². The average molecular weight is 355 g/mol. The molecule has 3 rings (SSSR count). The molecule has 0 unspecified atom stereocenters. The first kappa shape index (κ1) is 16.9. The van der Waals surface area contributed by atoms with Crippen LogP contribution in [0, 0.1) is 0 Å². The molecule has 0 bridgehead atoms. The number of esters is 1. The Bertz CT molecular complexity index is 876. The number of benzene rings is 2. The molecule has 7 heteroatoms. The summed E-state index contributed by atoms with van der Waals surface area (Å²) in [6.45, 7) is 0.287. The topological polar surface area (TPSA) is 75.4 Å². The van der Waals surface area contributed by atoms with Crippen LogP contribution < -0.4 is 5.43 Å². The van der Waals surface area contributed by atoms with Gasteiger partial charge in [-0.3, -0.25) is 10.4 Å². The summed E-state index contributed by atoms with van der Waals surface area (Å²) in [7, 11) is 1.29. The van der Waals surface area contributed by atoms with Gasteiger partial charge in [0.25, 0.3) is 0 Å². The van der Waals surface area contributed by atoms with Crippen LogP contribution >= 0.6 is 11.6 Å². The van der Waals surface area contributed by atoms with E-state index >= 15 is 0 Å². The standard InChI is InChI=1S/C18H15ClN4O2/c1-25-17(24)11-21-23-16-10-20-18(12-5-3-2-4-6-12)14-9-13(19)7-8-15(14)22-16/h2-9,11H,10H2,1H3,(H,22,23)/b21-11+. The van der Waals surface area contributed by atoms with Gasteiger partial charge in [0.15, 0.2) is 0 Å². The van der Waals surface area contributed by atoms with Crippen molar-refractivity contribution in [1.29, 1.82) is 0 Å². The first-order valence-corrected chi connectivity index (χ1v) is 7.89. The molecule has 0 saturated carbocycles. The lowest BCUT2D eigenvalue weighted by Gasteiger charge is -2.08. The molecule has 1 aliphatic rings. The van der Waals surface area contributed by atoms with Gasteiger partial charge in [0.2, 0.25) is 0 Å². The fourth-order valence-electron chi connectivity index (χ4n) is 2.33. The van der Waals surface area contributed by atoms with Crippen molar-refractivity contribution < 1.29 is 9.53 Å². The number of hydrogen-bond donors (Lipinski definition) is 1. The third-order valence-electron chi connectivity index (χ3n) is 3.47. The smallest absolute Gasteiger partial charge is 0.350 e. The van der Waals surface area contributed by atoms with Crippen LogP contribution in [0.5, 0.6) is 0 Å². The Balaban J connectivity index is 1.97. The second kappa shape index (κ2) is 7.72. The summed E-state index contributed by atoms with van der Waals surface area (Å²) in [4.78, 5) is 20.3. The van der Waals surface area contributed by atoms with Crippen molar-refractivity contribution in [2.75, 3.05) is 13.7 Å². The summed E-state index contributed by atoms with van der Waals surface area (Å²) in [5.74, 6) is -0.0444. The van der Waals surface area contributed by atoms with Crippen LogP contribution in [0.1, 0.15) is 11.1 Å². The lowest BCUT2D eigenvalue weighted by atomic mass is 10.0. The average Bonchev–Trinajstić information content (AvgIpc) is 2.81. The number of carbonyl (C=O) groups is 1. The number of methoxy groups -OCH3 is 1. The second-order valence-corrected chi connectivity index (χ2v) is 5.58. The molecule has 0 fully saturated rings. The maximum atomic E-state index is 11.1. The highest BCUT2D eigenvalue weighted by atomic mass is 35.5. The van der Waals surface area contributed by atoms with Gasteiger partial charge in [0, 0.05) is 16.1 Å². The Morgan fingerprint density at radius 2 is 2.08 bits per heavy atom. The highest BCUT2D eigenvalue weighted by Gasteiger charge is 2.16. The zero-order valence-corrected chi connectivity index (χ0v) is 14.2. The number of rotatable bonds is 3. The van der Waals surface area contributed by atoms with E-state index in [9.17, 15) is 4.79 Å². The zero-order valence-electron chi connectivity index (χ0n) is 13.4. The Morgan fingerprint density at radius 3 is 2.84 bits per heavy atom. The molecular weight excluding hydrogens is 340 g/mol. The van der Waals surface area contributed by atoms with Gasteiger partial charge < -0.3 is 4.74 Å². The van der Waals surface area contributed by atoms with Gasteiger partial charge in [-0.05, 0) is 18.2 Å². The van der Waals surface area contributed by atoms with Crippen molar-refractivity contribution in [1.82, 2.24) is 5.43 Å². The quantitative estimate of drug-likeness (QED) is 0.523. The monoisotopic (exact) mass is 354 g/mol. The van der Waals surface area contributed by atoms with Gasteiger partial charge in [-0.2, -0.15) is 5.10 Å². The number of hydrazone groups is 1.